The summed E-state index contributed by atoms with van der Waals surface area (Å²) in [5, 5.41) is 0. The maximum Gasteiger partial charge on any atom is 0.330 e. The lowest BCUT2D eigenvalue weighted by atomic mass is 9.98. The van der Waals surface area contributed by atoms with Crippen molar-refractivity contribution in [3.8, 4) is 0 Å². The molecule has 3 aliphatic rings. The zero-order valence-electron chi connectivity index (χ0n) is 14.1. The first-order valence-electron chi connectivity index (χ1n) is 7.92. The van der Waals surface area contributed by atoms with Gasteiger partial charge in [-0.25, -0.2) is 4.79 Å². The molecule has 0 unspecified atom stereocenters. The van der Waals surface area contributed by atoms with Gasteiger partial charge in [-0.3, -0.25) is 0 Å². The lowest BCUT2D eigenvalue weighted by Crippen LogP contribution is -2.54. The Kier molecular flexibility index (Phi) is 4.27. The SMILES string of the molecule is CCOC(=O)/C=C\[C@H]1O[C@@H]2OC(C)(C)O[C@@H]2[C@H]2OC(C)(C)O[C@H]21. The van der Waals surface area contributed by atoms with Crippen molar-refractivity contribution in [2.24, 2.45) is 0 Å². The lowest BCUT2D eigenvalue weighted by molar-refractivity contribution is -0.222. The van der Waals surface area contributed by atoms with Gasteiger partial charge in [-0.1, -0.05) is 0 Å². The smallest absolute Gasteiger partial charge is 0.330 e. The van der Waals surface area contributed by atoms with E-state index in [2.05, 4.69) is 0 Å². The number of ether oxygens (including phenoxy) is 6. The van der Waals surface area contributed by atoms with E-state index in [1.165, 1.54) is 6.08 Å². The van der Waals surface area contributed by atoms with E-state index in [0.717, 1.165) is 0 Å². The fraction of sp³-hybridized carbons (Fsp3) is 0.812. The molecule has 0 aromatic heterocycles. The third kappa shape index (κ3) is 3.44. The molecule has 3 aliphatic heterocycles. The van der Waals surface area contributed by atoms with E-state index in [9.17, 15) is 4.79 Å². The van der Waals surface area contributed by atoms with Crippen LogP contribution in [-0.4, -0.2) is 54.9 Å². The van der Waals surface area contributed by atoms with Gasteiger partial charge >= 0.3 is 5.97 Å². The summed E-state index contributed by atoms with van der Waals surface area (Å²) in [6.45, 7) is 9.41. The van der Waals surface area contributed by atoms with E-state index in [1.54, 1.807) is 13.0 Å². The van der Waals surface area contributed by atoms with Gasteiger partial charge in [-0.05, 0) is 40.7 Å². The van der Waals surface area contributed by atoms with Crippen LogP contribution in [0.1, 0.15) is 34.6 Å². The van der Waals surface area contributed by atoms with Crippen LogP contribution in [0.4, 0.5) is 0 Å². The zero-order valence-corrected chi connectivity index (χ0v) is 14.1. The standard InChI is InChI=1S/C16H24O7/c1-6-18-10(17)8-7-9-11-12(21-15(2,3)20-11)13-14(19-9)23-16(4,5)22-13/h7-9,11-14H,6H2,1-5H3/b8-7-/t9-,11+,12+,13-,14-/m1/s1. The van der Waals surface area contributed by atoms with Gasteiger partial charge in [-0.2, -0.15) is 0 Å². The molecule has 0 aromatic carbocycles. The summed E-state index contributed by atoms with van der Waals surface area (Å²) in [5.74, 6) is -1.92. The molecular formula is C16H24O7. The van der Waals surface area contributed by atoms with E-state index in [-0.39, 0.29) is 18.3 Å². The minimum atomic E-state index is -0.754. The molecule has 0 saturated carbocycles. The van der Waals surface area contributed by atoms with Gasteiger partial charge in [0, 0.05) is 6.08 Å². The van der Waals surface area contributed by atoms with Gasteiger partial charge in [0.05, 0.1) is 6.61 Å². The third-order valence-corrected chi connectivity index (χ3v) is 3.90. The van der Waals surface area contributed by atoms with Crippen LogP contribution < -0.4 is 0 Å². The van der Waals surface area contributed by atoms with Crippen LogP contribution in [0, 0.1) is 0 Å². The molecule has 0 amide bonds. The minimum absolute atomic E-state index is 0.323. The first-order valence-corrected chi connectivity index (χ1v) is 7.92. The van der Waals surface area contributed by atoms with Crippen molar-refractivity contribution in [2.45, 2.75) is 76.9 Å². The van der Waals surface area contributed by atoms with Crippen molar-refractivity contribution in [1.82, 2.24) is 0 Å². The summed E-state index contributed by atoms with van der Waals surface area (Å²) in [7, 11) is 0. The number of hydrogen-bond acceptors (Lipinski definition) is 7. The Morgan fingerprint density at radius 3 is 2.30 bits per heavy atom. The molecule has 3 fully saturated rings. The molecule has 0 aliphatic carbocycles. The number of carbonyl (C=O) groups is 1. The summed E-state index contributed by atoms with van der Waals surface area (Å²) < 4.78 is 34.5. The Balaban J connectivity index is 1.80. The quantitative estimate of drug-likeness (QED) is 0.574. The largest absolute Gasteiger partial charge is 0.463 e. The second-order valence-electron chi connectivity index (χ2n) is 6.75. The Hall–Kier alpha value is -0.990. The third-order valence-electron chi connectivity index (χ3n) is 3.90. The van der Waals surface area contributed by atoms with Crippen molar-refractivity contribution in [1.29, 1.82) is 0 Å². The van der Waals surface area contributed by atoms with Gasteiger partial charge in [-0.15, -0.1) is 0 Å². The number of fused-ring (bicyclic) bond motifs is 3. The highest BCUT2D eigenvalue weighted by molar-refractivity contribution is 5.81. The number of carbonyl (C=O) groups excluding carboxylic acids is 1. The van der Waals surface area contributed by atoms with Gasteiger partial charge in [0.15, 0.2) is 17.9 Å². The maximum absolute atomic E-state index is 11.5. The van der Waals surface area contributed by atoms with E-state index >= 15 is 0 Å². The molecule has 7 nitrogen and oxygen atoms in total. The fourth-order valence-corrected chi connectivity index (χ4v) is 3.16. The van der Waals surface area contributed by atoms with Gasteiger partial charge in [0.25, 0.3) is 0 Å². The van der Waals surface area contributed by atoms with Crippen LogP contribution in [-0.2, 0) is 33.2 Å². The molecule has 23 heavy (non-hydrogen) atoms. The highest BCUT2D eigenvalue weighted by atomic mass is 16.9. The average molecular weight is 328 g/mol. The van der Waals surface area contributed by atoms with Crippen LogP contribution in [0.15, 0.2) is 12.2 Å². The molecule has 7 heteroatoms. The molecule has 5 atom stereocenters. The summed E-state index contributed by atoms with van der Waals surface area (Å²) in [4.78, 5) is 11.5. The van der Waals surface area contributed by atoms with Crippen molar-refractivity contribution in [3.63, 3.8) is 0 Å². The Bertz CT molecular complexity index is 499. The monoisotopic (exact) mass is 328 g/mol. The van der Waals surface area contributed by atoms with Crippen LogP contribution in [0.3, 0.4) is 0 Å². The Labute approximate surface area is 135 Å². The number of rotatable bonds is 3. The molecule has 130 valence electrons. The molecule has 0 N–H and O–H groups in total. The topological polar surface area (TPSA) is 72.5 Å². The molecule has 3 rings (SSSR count). The first kappa shape index (κ1) is 16.9. The first-order chi connectivity index (χ1) is 10.7. The molecule has 0 spiro atoms. The molecular weight excluding hydrogens is 304 g/mol. The number of hydrogen-bond donors (Lipinski definition) is 0. The number of esters is 1. The van der Waals surface area contributed by atoms with Crippen molar-refractivity contribution in [2.75, 3.05) is 6.61 Å². The van der Waals surface area contributed by atoms with Crippen molar-refractivity contribution >= 4 is 5.97 Å². The second-order valence-corrected chi connectivity index (χ2v) is 6.75. The minimum Gasteiger partial charge on any atom is -0.463 e. The average Bonchev–Trinajstić information content (AvgIpc) is 2.90. The fourth-order valence-electron chi connectivity index (χ4n) is 3.16. The summed E-state index contributed by atoms with van der Waals surface area (Å²) >= 11 is 0. The normalized spacial score (nSPS) is 40.8. The molecule has 0 bridgehead atoms. The predicted molar refractivity (Wildman–Crippen MR) is 78.3 cm³/mol. The van der Waals surface area contributed by atoms with Crippen LogP contribution >= 0.6 is 0 Å². The maximum atomic E-state index is 11.5. The summed E-state index contributed by atoms with van der Waals surface area (Å²) in [5.41, 5.74) is 0. The van der Waals surface area contributed by atoms with Crippen molar-refractivity contribution < 1.29 is 33.2 Å². The van der Waals surface area contributed by atoms with Gasteiger partial charge in [0.2, 0.25) is 0 Å². The Morgan fingerprint density at radius 2 is 1.61 bits per heavy atom. The van der Waals surface area contributed by atoms with Crippen molar-refractivity contribution in [3.05, 3.63) is 12.2 Å². The Morgan fingerprint density at radius 1 is 1.00 bits per heavy atom. The summed E-state index contributed by atoms with van der Waals surface area (Å²) in [6.07, 6.45) is 0.846. The zero-order chi connectivity index (χ0) is 16.8. The van der Waals surface area contributed by atoms with Gasteiger partial charge in [0.1, 0.15) is 24.4 Å². The molecule has 0 aromatic rings. The highest BCUT2D eigenvalue weighted by Crippen LogP contribution is 2.44. The van der Waals surface area contributed by atoms with Crippen LogP contribution in [0.2, 0.25) is 0 Å². The van der Waals surface area contributed by atoms with E-state index in [4.69, 9.17) is 28.4 Å². The molecule has 3 heterocycles. The molecule has 3 saturated heterocycles. The second kappa shape index (κ2) is 5.82. The molecule has 0 radical (unpaired) electrons. The van der Waals surface area contributed by atoms with E-state index < -0.39 is 29.9 Å². The summed E-state index contributed by atoms with van der Waals surface area (Å²) in [6, 6.07) is 0. The van der Waals surface area contributed by atoms with Gasteiger partial charge < -0.3 is 28.4 Å². The highest BCUT2D eigenvalue weighted by Gasteiger charge is 2.60. The van der Waals surface area contributed by atoms with Crippen LogP contribution in [0.5, 0.6) is 0 Å². The van der Waals surface area contributed by atoms with E-state index in [0.29, 0.717) is 6.61 Å². The predicted octanol–water partition coefficient (Wildman–Crippen LogP) is 1.50. The van der Waals surface area contributed by atoms with E-state index in [1.807, 2.05) is 27.7 Å². The van der Waals surface area contributed by atoms with Crippen LogP contribution in [0.25, 0.3) is 0 Å². The lowest BCUT2D eigenvalue weighted by Gasteiger charge is -2.35.